The van der Waals surface area contributed by atoms with E-state index in [4.69, 9.17) is 0 Å². The van der Waals surface area contributed by atoms with Crippen LogP contribution < -0.4 is 5.32 Å². The predicted octanol–water partition coefficient (Wildman–Crippen LogP) is 2.23. The van der Waals surface area contributed by atoms with E-state index < -0.39 is 0 Å². The third-order valence-corrected chi connectivity index (χ3v) is 3.81. The fourth-order valence-corrected chi connectivity index (χ4v) is 3.02. The van der Waals surface area contributed by atoms with Crippen molar-refractivity contribution in [1.29, 1.82) is 0 Å². The van der Waals surface area contributed by atoms with Crippen molar-refractivity contribution in [2.75, 3.05) is 13.1 Å². The summed E-state index contributed by atoms with van der Waals surface area (Å²) >= 11 is 0. The molecule has 2 aliphatic rings. The van der Waals surface area contributed by atoms with Gasteiger partial charge in [0.2, 0.25) is 0 Å². The van der Waals surface area contributed by atoms with Crippen molar-refractivity contribution in [3.63, 3.8) is 0 Å². The van der Waals surface area contributed by atoms with Crippen LogP contribution in [0.15, 0.2) is 30.3 Å². The second-order valence-corrected chi connectivity index (χ2v) is 5.07. The highest BCUT2D eigenvalue weighted by Crippen LogP contribution is 2.49. The van der Waals surface area contributed by atoms with Crippen LogP contribution in [0.1, 0.15) is 18.4 Å². The average Bonchev–Trinajstić information content (AvgIpc) is 2.09. The molecule has 1 spiro atoms. The van der Waals surface area contributed by atoms with E-state index in [0.717, 1.165) is 11.3 Å². The average molecular weight is 187 g/mol. The van der Waals surface area contributed by atoms with E-state index in [0.29, 0.717) is 0 Å². The number of rotatable bonds is 2. The first kappa shape index (κ1) is 8.49. The van der Waals surface area contributed by atoms with Crippen LogP contribution in [0.4, 0.5) is 0 Å². The van der Waals surface area contributed by atoms with Crippen molar-refractivity contribution in [2.24, 2.45) is 11.3 Å². The van der Waals surface area contributed by atoms with E-state index in [1.165, 1.54) is 37.9 Å². The quantitative estimate of drug-likeness (QED) is 0.748. The lowest BCUT2D eigenvalue weighted by Gasteiger charge is -2.54. The minimum absolute atomic E-state index is 0.736. The van der Waals surface area contributed by atoms with E-state index in [9.17, 15) is 0 Å². The summed E-state index contributed by atoms with van der Waals surface area (Å²) in [5.74, 6) is 0.958. The van der Waals surface area contributed by atoms with E-state index in [1.807, 2.05) is 0 Å². The first-order valence-electron chi connectivity index (χ1n) is 5.61. The van der Waals surface area contributed by atoms with E-state index >= 15 is 0 Å². The highest BCUT2D eigenvalue weighted by molar-refractivity contribution is 5.17. The van der Waals surface area contributed by atoms with Crippen LogP contribution in [-0.4, -0.2) is 13.1 Å². The normalized spacial score (nSPS) is 24.3. The molecular weight excluding hydrogens is 170 g/mol. The molecule has 0 unspecified atom stereocenters. The molecule has 1 nitrogen and oxygen atoms in total. The summed E-state index contributed by atoms with van der Waals surface area (Å²) in [7, 11) is 0. The molecule has 1 aromatic rings. The SMILES string of the molecule is c1ccc(CC2CC3(CNC3)C2)cc1. The summed E-state index contributed by atoms with van der Waals surface area (Å²) in [6.07, 6.45) is 4.20. The number of hydrogen-bond donors (Lipinski definition) is 1. The monoisotopic (exact) mass is 187 g/mol. The number of hydrogen-bond acceptors (Lipinski definition) is 1. The predicted molar refractivity (Wildman–Crippen MR) is 58.2 cm³/mol. The molecule has 1 heterocycles. The van der Waals surface area contributed by atoms with Crippen molar-refractivity contribution in [3.05, 3.63) is 35.9 Å². The summed E-state index contributed by atoms with van der Waals surface area (Å²) in [5, 5.41) is 3.39. The van der Waals surface area contributed by atoms with Crippen molar-refractivity contribution in [1.82, 2.24) is 5.32 Å². The second kappa shape index (κ2) is 3.09. The van der Waals surface area contributed by atoms with Gasteiger partial charge >= 0.3 is 0 Å². The first-order valence-corrected chi connectivity index (χ1v) is 5.61. The van der Waals surface area contributed by atoms with Gasteiger partial charge in [-0.2, -0.15) is 0 Å². The second-order valence-electron chi connectivity index (χ2n) is 5.07. The van der Waals surface area contributed by atoms with Gasteiger partial charge in [0.25, 0.3) is 0 Å². The smallest absolute Gasteiger partial charge is 0.00204 e. The van der Waals surface area contributed by atoms with Crippen molar-refractivity contribution in [2.45, 2.75) is 19.3 Å². The van der Waals surface area contributed by atoms with Crippen LogP contribution >= 0.6 is 0 Å². The summed E-state index contributed by atoms with van der Waals surface area (Å²) < 4.78 is 0. The van der Waals surface area contributed by atoms with E-state index in [-0.39, 0.29) is 0 Å². The zero-order valence-corrected chi connectivity index (χ0v) is 8.50. The highest BCUT2D eigenvalue weighted by atomic mass is 15.0. The van der Waals surface area contributed by atoms with Gasteiger partial charge in [0.15, 0.2) is 0 Å². The van der Waals surface area contributed by atoms with Gasteiger partial charge in [0, 0.05) is 13.1 Å². The van der Waals surface area contributed by atoms with Crippen molar-refractivity contribution < 1.29 is 0 Å². The number of nitrogens with one attached hydrogen (secondary N) is 1. The molecule has 0 aromatic heterocycles. The van der Waals surface area contributed by atoms with Gasteiger partial charge in [-0.05, 0) is 36.2 Å². The minimum atomic E-state index is 0.736. The minimum Gasteiger partial charge on any atom is -0.316 e. The summed E-state index contributed by atoms with van der Waals surface area (Å²) in [4.78, 5) is 0. The van der Waals surface area contributed by atoms with Gasteiger partial charge in [0.05, 0.1) is 0 Å². The molecule has 0 atom stereocenters. The molecule has 2 fully saturated rings. The molecule has 0 radical (unpaired) electrons. The molecule has 74 valence electrons. The fraction of sp³-hybridized carbons (Fsp3) is 0.538. The third kappa shape index (κ3) is 1.36. The summed E-state index contributed by atoms with van der Waals surface area (Å²) in [6, 6.07) is 10.9. The Bertz CT molecular complexity index is 305. The topological polar surface area (TPSA) is 12.0 Å². The molecule has 1 heteroatoms. The first-order chi connectivity index (χ1) is 6.86. The highest BCUT2D eigenvalue weighted by Gasteiger charge is 2.47. The molecule has 1 saturated heterocycles. The Hall–Kier alpha value is -0.820. The maximum atomic E-state index is 3.39. The van der Waals surface area contributed by atoms with E-state index in [2.05, 4.69) is 35.6 Å². The van der Waals surface area contributed by atoms with Crippen LogP contribution in [0, 0.1) is 11.3 Å². The van der Waals surface area contributed by atoms with E-state index in [1.54, 1.807) is 0 Å². The standard InChI is InChI=1S/C13H17N/c1-2-4-11(5-3-1)6-12-7-13(8-12)9-14-10-13/h1-5,12,14H,6-10H2. The molecule has 1 N–H and O–H groups in total. The molecule has 1 saturated carbocycles. The van der Waals surface area contributed by atoms with Crippen LogP contribution in [0.2, 0.25) is 0 Å². The lowest BCUT2D eigenvalue weighted by atomic mass is 9.57. The summed E-state index contributed by atoms with van der Waals surface area (Å²) in [6.45, 7) is 2.55. The van der Waals surface area contributed by atoms with Crippen LogP contribution in [0.3, 0.4) is 0 Å². The molecule has 14 heavy (non-hydrogen) atoms. The fourth-order valence-electron chi connectivity index (χ4n) is 3.02. The van der Waals surface area contributed by atoms with Gasteiger partial charge < -0.3 is 5.32 Å². The summed E-state index contributed by atoms with van der Waals surface area (Å²) in [5.41, 5.74) is 2.25. The van der Waals surface area contributed by atoms with Crippen LogP contribution in [-0.2, 0) is 6.42 Å². The molecular formula is C13H17N. The Balaban J connectivity index is 1.56. The van der Waals surface area contributed by atoms with Gasteiger partial charge in [-0.1, -0.05) is 30.3 Å². The number of benzene rings is 1. The largest absolute Gasteiger partial charge is 0.316 e. The van der Waals surface area contributed by atoms with Crippen molar-refractivity contribution >= 4 is 0 Å². The Morgan fingerprint density at radius 1 is 1.14 bits per heavy atom. The maximum Gasteiger partial charge on any atom is 0.00204 e. The van der Waals surface area contributed by atoms with Crippen molar-refractivity contribution in [3.8, 4) is 0 Å². The van der Waals surface area contributed by atoms with Gasteiger partial charge in [-0.3, -0.25) is 0 Å². The Kier molecular flexibility index (Phi) is 1.88. The zero-order valence-electron chi connectivity index (χ0n) is 8.50. The molecule has 1 aliphatic carbocycles. The van der Waals surface area contributed by atoms with Gasteiger partial charge in [-0.15, -0.1) is 0 Å². The zero-order chi connectivity index (χ0) is 9.43. The van der Waals surface area contributed by atoms with Crippen LogP contribution in [0.25, 0.3) is 0 Å². The molecule has 1 aliphatic heterocycles. The molecule has 0 amide bonds. The molecule has 3 rings (SSSR count). The third-order valence-electron chi connectivity index (χ3n) is 3.81. The Morgan fingerprint density at radius 3 is 2.43 bits per heavy atom. The lowest BCUT2D eigenvalue weighted by Crippen LogP contribution is -2.60. The van der Waals surface area contributed by atoms with Gasteiger partial charge in [-0.25, -0.2) is 0 Å². The Morgan fingerprint density at radius 2 is 1.86 bits per heavy atom. The van der Waals surface area contributed by atoms with Crippen LogP contribution in [0.5, 0.6) is 0 Å². The maximum absolute atomic E-state index is 3.39. The lowest BCUT2D eigenvalue weighted by molar-refractivity contribution is 0.000894. The molecule has 0 bridgehead atoms. The van der Waals surface area contributed by atoms with Gasteiger partial charge in [0.1, 0.15) is 0 Å². The Labute approximate surface area is 85.5 Å². The molecule has 1 aromatic carbocycles.